The highest BCUT2D eigenvalue weighted by Gasteiger charge is 2.37. The summed E-state index contributed by atoms with van der Waals surface area (Å²) >= 11 is 0. The van der Waals surface area contributed by atoms with E-state index in [0.717, 1.165) is 0 Å². The third-order valence-electron chi connectivity index (χ3n) is 9.61. The Bertz CT molecular complexity index is 1570. The summed E-state index contributed by atoms with van der Waals surface area (Å²) in [5.74, 6) is -5.26. The van der Waals surface area contributed by atoms with Crippen LogP contribution in [0.2, 0.25) is 0 Å². The molecule has 0 saturated carbocycles. The van der Waals surface area contributed by atoms with E-state index in [4.69, 9.17) is 17.2 Å². The van der Waals surface area contributed by atoms with Gasteiger partial charge >= 0.3 is 5.97 Å². The number of unbranched alkanes of at least 4 members (excludes halogenated alkanes) is 2. The average Bonchev–Trinajstić information content (AvgIpc) is 3.17. The van der Waals surface area contributed by atoms with Crippen molar-refractivity contribution in [2.75, 3.05) is 13.1 Å². The lowest BCUT2D eigenvalue weighted by Gasteiger charge is -2.31. The molecule has 0 radical (unpaired) electrons. The second kappa shape index (κ2) is 23.7. The molecule has 15 heteroatoms. The molecule has 0 aliphatic carbocycles. The Hall–Kier alpha value is -5.12. The maximum Gasteiger partial charge on any atom is 0.326 e. The van der Waals surface area contributed by atoms with Gasteiger partial charge in [0, 0.05) is 5.92 Å². The predicted octanol–water partition coefficient (Wildman–Crippen LogP) is 1.31. The standard InChI is InChI=1S/C41H60N8O7/c1-26(2)25-33(41(55)56)48-40(54)35(34(27-15-5-3-6-16-27)28-17-7-4-8-18-28)49-39(53)32-20-10-9-19-29(44)36(50)45-30(21-11-13-23-42)37(51)46-31(38(52)47-32)22-12-14-24-43/h3-10,15-18,26,29-35H,11-14,19-25,42-44H2,1-2H3,(H,45,50)(H,46,51)(H,47,52)(H,48,54)(H,49,53)(H,55,56)/b10-9+/t29-,30-,31-,32-,33-,35-/m0/s1. The molecule has 2 aromatic carbocycles. The van der Waals surface area contributed by atoms with Crippen LogP contribution in [0.1, 0.15) is 88.7 Å². The van der Waals surface area contributed by atoms with Crippen molar-refractivity contribution in [1.82, 2.24) is 26.6 Å². The van der Waals surface area contributed by atoms with E-state index in [1.165, 1.54) is 0 Å². The lowest BCUT2D eigenvalue weighted by Crippen LogP contribution is -2.60. The minimum atomic E-state index is -1.33. The van der Waals surface area contributed by atoms with E-state index in [1.54, 1.807) is 36.4 Å². The number of rotatable bonds is 18. The first-order valence-electron chi connectivity index (χ1n) is 19.5. The van der Waals surface area contributed by atoms with Gasteiger partial charge in [-0.3, -0.25) is 24.0 Å². The molecule has 12 N–H and O–H groups in total. The van der Waals surface area contributed by atoms with Crippen molar-refractivity contribution in [3.63, 3.8) is 0 Å². The van der Waals surface area contributed by atoms with Gasteiger partial charge in [0.1, 0.15) is 30.2 Å². The van der Waals surface area contributed by atoms with Crippen LogP contribution in [0.25, 0.3) is 0 Å². The average molecular weight is 777 g/mol. The molecule has 15 nitrogen and oxygen atoms in total. The van der Waals surface area contributed by atoms with E-state index in [0.29, 0.717) is 49.9 Å². The molecule has 6 atom stereocenters. The minimum Gasteiger partial charge on any atom is -0.480 e. The molecular weight excluding hydrogens is 716 g/mol. The Morgan fingerprint density at radius 3 is 1.73 bits per heavy atom. The zero-order valence-corrected chi connectivity index (χ0v) is 32.5. The molecule has 0 spiro atoms. The van der Waals surface area contributed by atoms with Gasteiger partial charge in [0.05, 0.1) is 6.04 Å². The van der Waals surface area contributed by atoms with Crippen LogP contribution in [0.3, 0.4) is 0 Å². The van der Waals surface area contributed by atoms with Gasteiger partial charge in [0.2, 0.25) is 29.5 Å². The molecule has 1 heterocycles. The number of nitrogens with two attached hydrogens (primary N) is 3. The van der Waals surface area contributed by atoms with E-state index < -0.39 is 77.7 Å². The van der Waals surface area contributed by atoms with Crippen molar-refractivity contribution in [2.45, 2.75) is 114 Å². The van der Waals surface area contributed by atoms with E-state index in [9.17, 15) is 33.9 Å². The van der Waals surface area contributed by atoms with Crippen LogP contribution in [-0.4, -0.2) is 90.0 Å². The normalized spacial score (nSPS) is 21.2. The van der Waals surface area contributed by atoms with Gasteiger partial charge in [-0.1, -0.05) is 86.7 Å². The second-order valence-electron chi connectivity index (χ2n) is 14.6. The fraction of sp³-hybridized carbons (Fsp3) is 0.512. The fourth-order valence-electron chi connectivity index (χ4n) is 6.57. The smallest absolute Gasteiger partial charge is 0.326 e. The van der Waals surface area contributed by atoms with Gasteiger partial charge in [-0.05, 0) is 87.9 Å². The van der Waals surface area contributed by atoms with Crippen LogP contribution in [-0.2, 0) is 28.8 Å². The Kier molecular flexibility index (Phi) is 19.2. The summed E-state index contributed by atoms with van der Waals surface area (Å²) in [5, 5.41) is 23.8. The molecule has 0 saturated heterocycles. The summed E-state index contributed by atoms with van der Waals surface area (Å²) < 4.78 is 0. The van der Waals surface area contributed by atoms with Gasteiger partial charge < -0.3 is 48.9 Å². The van der Waals surface area contributed by atoms with Crippen LogP contribution in [0.15, 0.2) is 72.8 Å². The van der Waals surface area contributed by atoms with Crippen molar-refractivity contribution in [2.24, 2.45) is 23.1 Å². The van der Waals surface area contributed by atoms with Crippen molar-refractivity contribution in [1.29, 1.82) is 0 Å². The molecule has 1 aliphatic rings. The van der Waals surface area contributed by atoms with Gasteiger partial charge in [-0.25, -0.2) is 4.79 Å². The SMILES string of the molecule is CC(C)C[C@H](NC(=O)[C@@H](NC(=O)[C@@H]1C/C=C/C[C@H](N)C(=O)N[C@@H](CCCCN)C(=O)N[C@@H](CCCCN)C(=O)N1)C(c1ccccc1)c1ccccc1)C(=O)O. The maximum absolute atomic E-state index is 14.5. The van der Waals surface area contributed by atoms with Gasteiger partial charge in [-0.2, -0.15) is 0 Å². The van der Waals surface area contributed by atoms with E-state index in [1.807, 2.05) is 50.2 Å². The Balaban J connectivity index is 2.06. The zero-order chi connectivity index (χ0) is 41.0. The Labute approximate surface area is 329 Å². The number of hydrogen-bond donors (Lipinski definition) is 9. The summed E-state index contributed by atoms with van der Waals surface area (Å²) in [6.07, 6.45) is 6.10. The number of aliphatic carboxylic acids is 1. The van der Waals surface area contributed by atoms with Gasteiger partial charge in [-0.15, -0.1) is 0 Å². The Morgan fingerprint density at radius 1 is 0.732 bits per heavy atom. The predicted molar refractivity (Wildman–Crippen MR) is 214 cm³/mol. The quantitative estimate of drug-likeness (QED) is 0.0775. The zero-order valence-electron chi connectivity index (χ0n) is 32.5. The molecule has 0 aromatic heterocycles. The minimum absolute atomic E-state index is 0.0577. The third-order valence-corrected chi connectivity index (χ3v) is 9.61. The Morgan fingerprint density at radius 2 is 1.23 bits per heavy atom. The van der Waals surface area contributed by atoms with E-state index in [2.05, 4.69) is 26.6 Å². The van der Waals surface area contributed by atoms with E-state index >= 15 is 0 Å². The van der Waals surface area contributed by atoms with Crippen LogP contribution >= 0.6 is 0 Å². The summed E-state index contributed by atoms with van der Waals surface area (Å²) in [7, 11) is 0. The third kappa shape index (κ3) is 14.5. The molecule has 0 fully saturated rings. The monoisotopic (exact) mass is 776 g/mol. The number of amides is 5. The molecule has 5 amide bonds. The van der Waals surface area contributed by atoms with Crippen LogP contribution in [0, 0.1) is 5.92 Å². The topological polar surface area (TPSA) is 261 Å². The molecule has 56 heavy (non-hydrogen) atoms. The number of carbonyl (C=O) groups is 6. The summed E-state index contributed by atoms with van der Waals surface area (Å²) in [6, 6.07) is 11.2. The van der Waals surface area contributed by atoms with Crippen LogP contribution in [0.4, 0.5) is 0 Å². The summed E-state index contributed by atoms with van der Waals surface area (Å²) in [4.78, 5) is 81.7. The number of hydrogen-bond acceptors (Lipinski definition) is 9. The molecule has 3 rings (SSSR count). The first kappa shape index (κ1) is 45.3. The summed E-state index contributed by atoms with van der Waals surface area (Å²) in [6.45, 7) is 4.45. The van der Waals surface area contributed by atoms with Gasteiger partial charge in [0.25, 0.3) is 0 Å². The highest BCUT2D eigenvalue weighted by Crippen LogP contribution is 2.29. The molecule has 1 aliphatic heterocycles. The molecule has 0 bridgehead atoms. The van der Waals surface area contributed by atoms with Crippen LogP contribution < -0.4 is 43.8 Å². The van der Waals surface area contributed by atoms with Crippen molar-refractivity contribution in [3.8, 4) is 0 Å². The van der Waals surface area contributed by atoms with Crippen molar-refractivity contribution < 1.29 is 33.9 Å². The fourth-order valence-corrected chi connectivity index (χ4v) is 6.57. The number of carboxylic acid groups (broad SMARTS) is 1. The largest absolute Gasteiger partial charge is 0.480 e. The lowest BCUT2D eigenvalue weighted by molar-refractivity contribution is -0.143. The number of nitrogens with one attached hydrogen (secondary N) is 5. The van der Waals surface area contributed by atoms with E-state index in [-0.39, 0.29) is 38.0 Å². The number of carboxylic acids is 1. The maximum atomic E-state index is 14.5. The summed E-state index contributed by atoms with van der Waals surface area (Å²) in [5.41, 5.74) is 18.9. The highest BCUT2D eigenvalue weighted by atomic mass is 16.4. The van der Waals surface area contributed by atoms with Crippen LogP contribution in [0.5, 0.6) is 0 Å². The first-order chi connectivity index (χ1) is 26.9. The molecular formula is C41H60N8O7. The number of carbonyl (C=O) groups excluding carboxylic acids is 5. The van der Waals surface area contributed by atoms with Crippen molar-refractivity contribution in [3.05, 3.63) is 83.9 Å². The molecule has 0 unspecified atom stereocenters. The highest BCUT2D eigenvalue weighted by molar-refractivity contribution is 5.97. The molecule has 2 aromatic rings. The lowest BCUT2D eigenvalue weighted by atomic mass is 9.84. The first-order valence-corrected chi connectivity index (χ1v) is 19.5. The second-order valence-corrected chi connectivity index (χ2v) is 14.6. The molecule has 306 valence electrons. The van der Waals surface area contributed by atoms with Gasteiger partial charge in [0.15, 0.2) is 0 Å². The number of benzene rings is 2. The van der Waals surface area contributed by atoms with Crippen molar-refractivity contribution >= 4 is 35.5 Å².